The fraction of sp³-hybridized carbons (Fsp3) is 0.300. The van der Waals surface area contributed by atoms with E-state index in [0.29, 0.717) is 11.3 Å². The molecule has 0 atom stereocenters. The number of aryl methyl sites for hydroxylation is 3. The third-order valence-corrected chi connectivity index (χ3v) is 3.50. The molecule has 0 fully saturated rings. The Labute approximate surface area is 115 Å². The fourth-order valence-electron chi connectivity index (χ4n) is 1.76. The number of rotatable bonds is 3. The van der Waals surface area contributed by atoms with Crippen molar-refractivity contribution in [3.63, 3.8) is 0 Å². The highest BCUT2D eigenvalue weighted by Gasteiger charge is 2.21. The van der Waals surface area contributed by atoms with Crippen molar-refractivity contribution in [3.8, 4) is 0 Å². The molecule has 2 aromatic heterocycles. The zero-order valence-corrected chi connectivity index (χ0v) is 12.0. The molecule has 20 heavy (non-hydrogen) atoms. The van der Waals surface area contributed by atoms with E-state index in [0.717, 1.165) is 0 Å². The fourth-order valence-corrected chi connectivity index (χ4v) is 2.42. The summed E-state index contributed by atoms with van der Waals surface area (Å²) in [6, 6.07) is 0. The molecule has 0 saturated carbocycles. The van der Waals surface area contributed by atoms with Crippen LogP contribution in [0.5, 0.6) is 0 Å². The minimum absolute atomic E-state index is 0.108. The summed E-state index contributed by atoms with van der Waals surface area (Å²) in [7, 11) is -0.756. The van der Waals surface area contributed by atoms with Gasteiger partial charge in [0.2, 0.25) is 10.0 Å². The minimum atomic E-state index is -3.96. The molecule has 0 unspecified atom stereocenters. The van der Waals surface area contributed by atoms with Crippen LogP contribution < -0.4 is 10.5 Å². The van der Waals surface area contributed by atoms with Gasteiger partial charge in [-0.05, 0) is 6.92 Å². The number of hydrogen-bond acceptors (Lipinski definition) is 5. The first-order valence-corrected chi connectivity index (χ1v) is 7.11. The molecule has 0 bridgehead atoms. The van der Waals surface area contributed by atoms with Gasteiger partial charge in [-0.25, -0.2) is 13.6 Å². The summed E-state index contributed by atoms with van der Waals surface area (Å²) in [5, 5.41) is 15.4. The number of nitrogens with two attached hydrogens (primary N) is 1. The van der Waals surface area contributed by atoms with Crippen LogP contribution in [0.2, 0.25) is 0 Å². The first kappa shape index (κ1) is 14.2. The van der Waals surface area contributed by atoms with Crippen LogP contribution in [0.25, 0.3) is 0 Å². The van der Waals surface area contributed by atoms with E-state index in [1.165, 1.54) is 28.8 Å². The summed E-state index contributed by atoms with van der Waals surface area (Å²) in [5.41, 5.74) is 0.858. The first-order valence-electron chi connectivity index (χ1n) is 5.56. The summed E-state index contributed by atoms with van der Waals surface area (Å²) in [5.74, 6) is -0.609. The molecule has 9 nitrogen and oxygen atoms in total. The van der Waals surface area contributed by atoms with Crippen LogP contribution in [0.4, 0.5) is 5.82 Å². The largest absolute Gasteiger partial charge is 0.304 e. The van der Waals surface area contributed by atoms with Gasteiger partial charge in [-0.1, -0.05) is 0 Å². The second-order valence-corrected chi connectivity index (χ2v) is 5.85. The Balaban J connectivity index is 2.36. The average Bonchev–Trinajstić information content (AvgIpc) is 2.81. The van der Waals surface area contributed by atoms with Gasteiger partial charge in [0.25, 0.3) is 5.91 Å². The lowest BCUT2D eigenvalue weighted by molar-refractivity contribution is 0.102. The van der Waals surface area contributed by atoms with Crippen LogP contribution in [0.3, 0.4) is 0 Å². The summed E-state index contributed by atoms with van der Waals surface area (Å²) >= 11 is 0. The van der Waals surface area contributed by atoms with Crippen molar-refractivity contribution < 1.29 is 13.2 Å². The van der Waals surface area contributed by atoms with Gasteiger partial charge in [0.05, 0.1) is 11.3 Å². The SMILES string of the molecule is Cc1nn(C)cc1C(=O)Nc1nn(C)cc1S(N)(=O)=O. The maximum absolute atomic E-state index is 12.1. The smallest absolute Gasteiger partial charge is 0.260 e. The lowest BCUT2D eigenvalue weighted by atomic mass is 10.2. The van der Waals surface area contributed by atoms with E-state index in [1.54, 1.807) is 14.0 Å². The Morgan fingerprint density at radius 1 is 1.25 bits per heavy atom. The maximum Gasteiger partial charge on any atom is 0.260 e. The van der Waals surface area contributed by atoms with Crippen LogP contribution >= 0.6 is 0 Å². The number of sulfonamides is 1. The van der Waals surface area contributed by atoms with E-state index >= 15 is 0 Å². The molecule has 10 heteroatoms. The Kier molecular flexibility index (Phi) is 3.36. The molecular formula is C10H14N6O3S. The van der Waals surface area contributed by atoms with Crippen molar-refractivity contribution >= 4 is 21.7 Å². The predicted octanol–water partition coefficient (Wildman–Crippen LogP) is -0.638. The highest BCUT2D eigenvalue weighted by atomic mass is 32.2. The number of carbonyl (C=O) groups is 1. The summed E-state index contributed by atoms with van der Waals surface area (Å²) in [6.45, 7) is 1.67. The van der Waals surface area contributed by atoms with Gasteiger partial charge in [-0.3, -0.25) is 14.2 Å². The van der Waals surface area contributed by atoms with Crippen LogP contribution in [-0.2, 0) is 24.1 Å². The Morgan fingerprint density at radius 3 is 2.35 bits per heavy atom. The van der Waals surface area contributed by atoms with Crippen molar-refractivity contribution in [1.82, 2.24) is 19.6 Å². The van der Waals surface area contributed by atoms with Gasteiger partial charge in [-0.15, -0.1) is 0 Å². The van der Waals surface area contributed by atoms with Crippen molar-refractivity contribution in [2.75, 3.05) is 5.32 Å². The summed E-state index contributed by atoms with van der Waals surface area (Å²) in [6.07, 6.45) is 2.76. The highest BCUT2D eigenvalue weighted by Crippen LogP contribution is 2.18. The van der Waals surface area contributed by atoms with Crippen molar-refractivity contribution in [1.29, 1.82) is 0 Å². The highest BCUT2D eigenvalue weighted by molar-refractivity contribution is 7.89. The third-order valence-electron chi connectivity index (χ3n) is 2.59. The molecule has 2 rings (SSSR count). The number of nitrogens with zero attached hydrogens (tertiary/aromatic N) is 4. The molecule has 0 radical (unpaired) electrons. The number of nitrogens with one attached hydrogen (secondary N) is 1. The van der Waals surface area contributed by atoms with E-state index < -0.39 is 15.9 Å². The molecule has 0 aliphatic carbocycles. The van der Waals surface area contributed by atoms with Gasteiger partial charge in [-0.2, -0.15) is 10.2 Å². The van der Waals surface area contributed by atoms with E-state index in [-0.39, 0.29) is 10.7 Å². The van der Waals surface area contributed by atoms with Gasteiger partial charge < -0.3 is 5.32 Å². The molecule has 108 valence electrons. The molecule has 2 heterocycles. The van der Waals surface area contributed by atoms with E-state index in [9.17, 15) is 13.2 Å². The van der Waals surface area contributed by atoms with E-state index in [1.807, 2.05) is 0 Å². The van der Waals surface area contributed by atoms with Gasteiger partial charge in [0.1, 0.15) is 4.90 Å². The number of aromatic nitrogens is 4. The molecule has 1 amide bonds. The molecule has 0 saturated heterocycles. The Morgan fingerprint density at radius 2 is 1.85 bits per heavy atom. The van der Waals surface area contributed by atoms with Crippen LogP contribution in [0, 0.1) is 6.92 Å². The second-order valence-electron chi connectivity index (χ2n) is 4.32. The normalized spacial score (nSPS) is 11.6. The van der Waals surface area contributed by atoms with Gasteiger partial charge in [0.15, 0.2) is 5.82 Å². The summed E-state index contributed by atoms with van der Waals surface area (Å²) in [4.78, 5) is 11.8. The molecule has 0 spiro atoms. The monoisotopic (exact) mass is 298 g/mol. The number of hydrogen-bond donors (Lipinski definition) is 2. The Hall–Kier alpha value is -2.20. The van der Waals surface area contributed by atoms with Crippen molar-refractivity contribution in [3.05, 3.63) is 23.7 Å². The van der Waals surface area contributed by atoms with Gasteiger partial charge >= 0.3 is 0 Å². The number of carbonyl (C=O) groups excluding carboxylic acids is 1. The minimum Gasteiger partial charge on any atom is -0.304 e. The van der Waals surface area contributed by atoms with Gasteiger partial charge in [0, 0.05) is 26.5 Å². The van der Waals surface area contributed by atoms with Crippen LogP contribution in [0.15, 0.2) is 17.3 Å². The maximum atomic E-state index is 12.1. The number of anilines is 1. The standard InChI is InChI=1S/C10H14N6O3S/c1-6-7(4-15(2)13-6)10(17)12-9-8(20(11,18)19)5-16(3)14-9/h4-5H,1-3H3,(H2,11,18,19)(H,12,14,17). The molecular weight excluding hydrogens is 284 g/mol. The lowest BCUT2D eigenvalue weighted by Gasteiger charge is -2.02. The topological polar surface area (TPSA) is 125 Å². The van der Waals surface area contributed by atoms with Crippen LogP contribution in [0.1, 0.15) is 16.1 Å². The second kappa shape index (κ2) is 4.72. The first-order chi connectivity index (χ1) is 9.18. The lowest BCUT2D eigenvalue weighted by Crippen LogP contribution is -2.18. The molecule has 2 aromatic rings. The zero-order valence-electron chi connectivity index (χ0n) is 11.2. The van der Waals surface area contributed by atoms with Crippen molar-refractivity contribution in [2.45, 2.75) is 11.8 Å². The Bertz CT molecular complexity index is 773. The molecule has 0 aliphatic rings. The third kappa shape index (κ3) is 2.70. The average molecular weight is 298 g/mol. The predicted molar refractivity (Wildman–Crippen MR) is 70.5 cm³/mol. The number of primary sulfonamides is 1. The van der Waals surface area contributed by atoms with Crippen LogP contribution in [-0.4, -0.2) is 33.9 Å². The molecule has 0 aliphatic heterocycles. The molecule has 0 aromatic carbocycles. The summed E-state index contributed by atoms with van der Waals surface area (Å²) < 4.78 is 25.6. The van der Waals surface area contributed by atoms with E-state index in [4.69, 9.17) is 5.14 Å². The zero-order chi connectivity index (χ0) is 15.1. The van der Waals surface area contributed by atoms with E-state index in [2.05, 4.69) is 15.5 Å². The molecule has 3 N–H and O–H groups in total. The number of amides is 1. The van der Waals surface area contributed by atoms with Crippen molar-refractivity contribution in [2.24, 2.45) is 19.2 Å². The quantitative estimate of drug-likeness (QED) is 0.780.